The molecule has 1 aliphatic rings. The van der Waals surface area contributed by atoms with Crippen molar-refractivity contribution in [2.24, 2.45) is 0 Å². The molecule has 1 saturated heterocycles. The van der Waals surface area contributed by atoms with Crippen molar-refractivity contribution in [1.29, 1.82) is 0 Å². The summed E-state index contributed by atoms with van der Waals surface area (Å²) in [6.45, 7) is 5.85. The highest BCUT2D eigenvalue weighted by Crippen LogP contribution is 2.27. The Bertz CT molecular complexity index is 1040. The van der Waals surface area contributed by atoms with Gasteiger partial charge in [-0.1, -0.05) is 12.1 Å². The number of rotatable bonds is 8. The second-order valence-electron chi connectivity index (χ2n) is 7.76. The van der Waals surface area contributed by atoms with E-state index in [1.54, 1.807) is 11.8 Å². The van der Waals surface area contributed by atoms with Crippen molar-refractivity contribution >= 4 is 5.91 Å². The van der Waals surface area contributed by atoms with Crippen LogP contribution in [0, 0.1) is 13.8 Å². The lowest BCUT2D eigenvalue weighted by atomic mass is 10.0. The molecule has 3 aromatic rings. The van der Waals surface area contributed by atoms with E-state index in [-0.39, 0.29) is 18.4 Å². The van der Waals surface area contributed by atoms with E-state index < -0.39 is 0 Å². The molecule has 1 aliphatic heterocycles. The van der Waals surface area contributed by atoms with E-state index in [9.17, 15) is 4.79 Å². The molecule has 9 heteroatoms. The number of nitrogens with one attached hydrogen (secondary N) is 1. The number of aromatic amines is 1. The SMILES string of the molecule is COc1ccccc1OCCc1cc([C@H]2CCN(C(=O)Cn3nc(C)nc3C)C2)n[nH]1. The molecule has 0 spiro atoms. The number of aryl methyl sites for hydroxylation is 2. The summed E-state index contributed by atoms with van der Waals surface area (Å²) in [5.74, 6) is 3.20. The molecule has 0 unspecified atom stereocenters. The van der Waals surface area contributed by atoms with E-state index in [4.69, 9.17) is 9.47 Å². The second-order valence-corrected chi connectivity index (χ2v) is 7.76. The summed E-state index contributed by atoms with van der Waals surface area (Å²) in [6.07, 6.45) is 1.62. The number of carbonyl (C=O) groups excluding carboxylic acids is 1. The largest absolute Gasteiger partial charge is 0.493 e. The molecule has 0 bridgehead atoms. The zero-order chi connectivity index (χ0) is 21.8. The molecule has 1 amide bonds. The molecule has 1 aromatic carbocycles. The Labute approximate surface area is 181 Å². The van der Waals surface area contributed by atoms with Crippen molar-refractivity contribution in [1.82, 2.24) is 29.9 Å². The molecule has 4 rings (SSSR count). The van der Waals surface area contributed by atoms with Gasteiger partial charge in [0.25, 0.3) is 0 Å². The van der Waals surface area contributed by atoms with Gasteiger partial charge in [0.05, 0.1) is 19.4 Å². The maximum absolute atomic E-state index is 12.7. The maximum atomic E-state index is 12.7. The van der Waals surface area contributed by atoms with Gasteiger partial charge in [0, 0.05) is 31.1 Å². The minimum Gasteiger partial charge on any atom is -0.493 e. The van der Waals surface area contributed by atoms with Crippen molar-refractivity contribution in [2.75, 3.05) is 26.8 Å². The summed E-state index contributed by atoms with van der Waals surface area (Å²) in [4.78, 5) is 18.8. The first kappa shape index (κ1) is 20.9. The second kappa shape index (κ2) is 9.20. The van der Waals surface area contributed by atoms with Gasteiger partial charge in [0.2, 0.25) is 5.91 Å². The van der Waals surface area contributed by atoms with Crippen LogP contribution in [0.4, 0.5) is 0 Å². The molecule has 3 heterocycles. The van der Waals surface area contributed by atoms with E-state index in [2.05, 4.69) is 26.3 Å². The van der Waals surface area contributed by atoms with Gasteiger partial charge < -0.3 is 14.4 Å². The number of carbonyl (C=O) groups is 1. The van der Waals surface area contributed by atoms with Crippen LogP contribution in [0.1, 0.15) is 35.4 Å². The first-order chi connectivity index (χ1) is 15.0. The Morgan fingerprint density at radius 1 is 1.26 bits per heavy atom. The van der Waals surface area contributed by atoms with E-state index in [1.807, 2.05) is 43.0 Å². The number of aromatic nitrogens is 5. The summed E-state index contributed by atoms with van der Waals surface area (Å²) in [5.41, 5.74) is 2.01. The van der Waals surface area contributed by atoms with Crippen LogP contribution in [-0.2, 0) is 17.8 Å². The molecule has 164 valence electrons. The molecule has 0 radical (unpaired) electrons. The number of ether oxygens (including phenoxy) is 2. The maximum Gasteiger partial charge on any atom is 0.244 e. The van der Waals surface area contributed by atoms with Crippen LogP contribution in [0.15, 0.2) is 30.3 Å². The summed E-state index contributed by atoms with van der Waals surface area (Å²) in [5, 5.41) is 11.9. The van der Waals surface area contributed by atoms with E-state index in [0.29, 0.717) is 25.4 Å². The Balaban J connectivity index is 1.28. The molecule has 1 atom stereocenters. The van der Waals surface area contributed by atoms with Crippen molar-refractivity contribution in [3.8, 4) is 11.5 Å². The van der Waals surface area contributed by atoms with Gasteiger partial charge in [-0.05, 0) is 38.5 Å². The average Bonchev–Trinajstić information content (AvgIpc) is 3.49. The van der Waals surface area contributed by atoms with Crippen LogP contribution in [0.25, 0.3) is 0 Å². The van der Waals surface area contributed by atoms with Crippen LogP contribution in [0.5, 0.6) is 11.5 Å². The topological polar surface area (TPSA) is 98.2 Å². The number of H-pyrrole nitrogens is 1. The lowest BCUT2D eigenvalue weighted by Crippen LogP contribution is -2.32. The van der Waals surface area contributed by atoms with Gasteiger partial charge in [0.15, 0.2) is 11.5 Å². The average molecular weight is 425 g/mol. The number of nitrogens with zero attached hydrogens (tertiary/aromatic N) is 5. The Hall–Kier alpha value is -3.36. The smallest absolute Gasteiger partial charge is 0.244 e. The first-order valence-corrected chi connectivity index (χ1v) is 10.5. The predicted octanol–water partition coefficient (Wildman–Crippen LogP) is 2.26. The highest BCUT2D eigenvalue weighted by molar-refractivity contribution is 5.76. The number of likely N-dealkylation sites (tertiary alicyclic amines) is 1. The lowest BCUT2D eigenvalue weighted by molar-refractivity contribution is -0.131. The van der Waals surface area contributed by atoms with Gasteiger partial charge in [-0.2, -0.15) is 10.2 Å². The molecule has 1 N–H and O–H groups in total. The third-order valence-electron chi connectivity index (χ3n) is 5.56. The first-order valence-electron chi connectivity index (χ1n) is 10.5. The quantitative estimate of drug-likeness (QED) is 0.596. The van der Waals surface area contributed by atoms with Crippen molar-refractivity contribution in [3.05, 3.63) is 53.4 Å². The third kappa shape index (κ3) is 4.87. The van der Waals surface area contributed by atoms with Gasteiger partial charge in [-0.15, -0.1) is 0 Å². The lowest BCUT2D eigenvalue weighted by Gasteiger charge is -2.16. The number of hydrogen-bond donors (Lipinski definition) is 1. The summed E-state index contributed by atoms with van der Waals surface area (Å²) in [7, 11) is 1.63. The van der Waals surface area contributed by atoms with E-state index in [0.717, 1.165) is 41.7 Å². The standard InChI is InChI=1S/C22H28N6O3/c1-15-23-16(2)28(26-15)14-22(29)27-10-8-17(13-27)19-12-18(24-25-19)9-11-31-21-7-5-4-6-20(21)30-3/h4-7,12,17H,8-11,13-14H2,1-3H3,(H,24,25)/t17-/m0/s1. The van der Waals surface area contributed by atoms with Crippen LogP contribution >= 0.6 is 0 Å². The fourth-order valence-corrected chi connectivity index (χ4v) is 3.89. The molecular weight excluding hydrogens is 396 g/mol. The minimum atomic E-state index is 0.0662. The van der Waals surface area contributed by atoms with Crippen molar-refractivity contribution in [3.63, 3.8) is 0 Å². The molecular formula is C22H28N6O3. The predicted molar refractivity (Wildman–Crippen MR) is 114 cm³/mol. The Kier molecular flexibility index (Phi) is 6.20. The fraction of sp³-hybridized carbons (Fsp3) is 0.455. The number of para-hydroxylation sites is 2. The highest BCUT2D eigenvalue weighted by atomic mass is 16.5. The van der Waals surface area contributed by atoms with Gasteiger partial charge in [0.1, 0.15) is 18.2 Å². The molecule has 0 aliphatic carbocycles. The van der Waals surface area contributed by atoms with Gasteiger partial charge in [-0.25, -0.2) is 9.67 Å². The van der Waals surface area contributed by atoms with Crippen LogP contribution in [0.3, 0.4) is 0 Å². The molecule has 9 nitrogen and oxygen atoms in total. The zero-order valence-corrected chi connectivity index (χ0v) is 18.2. The molecule has 1 fully saturated rings. The minimum absolute atomic E-state index is 0.0662. The third-order valence-corrected chi connectivity index (χ3v) is 5.56. The normalized spacial score (nSPS) is 16.0. The van der Waals surface area contributed by atoms with Crippen molar-refractivity contribution < 1.29 is 14.3 Å². The van der Waals surface area contributed by atoms with E-state index in [1.165, 1.54) is 0 Å². The van der Waals surface area contributed by atoms with E-state index >= 15 is 0 Å². The molecule has 31 heavy (non-hydrogen) atoms. The van der Waals surface area contributed by atoms with Gasteiger partial charge in [-0.3, -0.25) is 9.89 Å². The van der Waals surface area contributed by atoms with Gasteiger partial charge >= 0.3 is 0 Å². The molecule has 2 aromatic heterocycles. The number of methoxy groups -OCH3 is 1. The fourth-order valence-electron chi connectivity index (χ4n) is 3.89. The van der Waals surface area contributed by atoms with Crippen LogP contribution in [0.2, 0.25) is 0 Å². The van der Waals surface area contributed by atoms with Crippen LogP contribution in [-0.4, -0.2) is 62.6 Å². The number of hydrogen-bond acceptors (Lipinski definition) is 6. The van der Waals surface area contributed by atoms with Crippen LogP contribution < -0.4 is 9.47 Å². The Morgan fingerprint density at radius 2 is 2.06 bits per heavy atom. The number of amides is 1. The number of benzene rings is 1. The Morgan fingerprint density at radius 3 is 2.81 bits per heavy atom. The van der Waals surface area contributed by atoms with Crippen molar-refractivity contribution in [2.45, 2.75) is 39.2 Å². The molecule has 0 saturated carbocycles. The highest BCUT2D eigenvalue weighted by Gasteiger charge is 2.29. The summed E-state index contributed by atoms with van der Waals surface area (Å²) in [6, 6.07) is 9.68. The monoisotopic (exact) mass is 424 g/mol. The zero-order valence-electron chi connectivity index (χ0n) is 18.2. The summed E-state index contributed by atoms with van der Waals surface area (Å²) < 4.78 is 12.8. The summed E-state index contributed by atoms with van der Waals surface area (Å²) >= 11 is 0.